The Morgan fingerprint density at radius 2 is 2.06 bits per heavy atom. The van der Waals surface area contributed by atoms with Crippen LogP contribution in [0.3, 0.4) is 0 Å². The molecule has 2 heterocycles. The van der Waals surface area contributed by atoms with Crippen LogP contribution in [0.1, 0.15) is 49.7 Å². The first-order valence-corrected chi connectivity index (χ1v) is 6.92. The van der Waals surface area contributed by atoms with E-state index in [1.165, 1.54) is 19.3 Å². The maximum absolute atomic E-state index is 5.86. The third-order valence-corrected chi connectivity index (χ3v) is 4.44. The van der Waals surface area contributed by atoms with Gasteiger partial charge in [0.25, 0.3) is 0 Å². The fourth-order valence-corrected chi connectivity index (χ4v) is 2.91. The predicted octanol–water partition coefficient (Wildman–Crippen LogP) is 1.64. The molecule has 1 aromatic heterocycles. The number of hydrogen-bond acceptors (Lipinski definition) is 5. The number of nitrogens with two attached hydrogens (primary N) is 1. The smallest absolute Gasteiger partial charge is 0.227 e. The average molecular weight is 251 g/mol. The molecule has 1 aliphatic carbocycles. The fraction of sp³-hybridized carbons (Fsp3) is 0.846. The van der Waals surface area contributed by atoms with Crippen LogP contribution >= 0.6 is 0 Å². The quantitative estimate of drug-likeness (QED) is 0.880. The molecule has 0 amide bonds. The highest BCUT2D eigenvalue weighted by molar-refractivity contribution is 5.01. The third-order valence-electron chi connectivity index (χ3n) is 4.44. The molecule has 1 saturated carbocycles. The first-order valence-electron chi connectivity index (χ1n) is 6.92. The van der Waals surface area contributed by atoms with E-state index in [1.54, 1.807) is 0 Å². The van der Waals surface area contributed by atoms with Crippen molar-refractivity contribution in [2.24, 2.45) is 11.1 Å². The molecule has 0 aromatic carbocycles. The summed E-state index contributed by atoms with van der Waals surface area (Å²) in [5.41, 5.74) is 6.10. The van der Waals surface area contributed by atoms with Gasteiger partial charge in [0.15, 0.2) is 5.82 Å². The Morgan fingerprint density at radius 1 is 1.28 bits per heavy atom. The molecule has 2 aliphatic rings. The Labute approximate surface area is 107 Å². The van der Waals surface area contributed by atoms with E-state index in [-0.39, 0.29) is 5.41 Å². The van der Waals surface area contributed by atoms with Crippen molar-refractivity contribution in [2.45, 2.75) is 44.4 Å². The summed E-state index contributed by atoms with van der Waals surface area (Å²) < 4.78 is 10.7. The van der Waals surface area contributed by atoms with E-state index in [0.717, 1.165) is 50.7 Å². The topological polar surface area (TPSA) is 74.2 Å². The molecule has 100 valence electrons. The zero-order valence-corrected chi connectivity index (χ0v) is 10.7. The Bertz CT molecular complexity index is 389. The van der Waals surface area contributed by atoms with Gasteiger partial charge < -0.3 is 15.0 Å². The molecule has 0 radical (unpaired) electrons. The molecular formula is C13H21N3O2. The fourth-order valence-electron chi connectivity index (χ4n) is 2.91. The summed E-state index contributed by atoms with van der Waals surface area (Å²) in [4.78, 5) is 4.56. The second-order valence-electron chi connectivity index (χ2n) is 5.67. The van der Waals surface area contributed by atoms with Gasteiger partial charge in [0.1, 0.15) is 0 Å². The minimum atomic E-state index is 0.236. The average Bonchev–Trinajstić information content (AvgIpc) is 2.83. The van der Waals surface area contributed by atoms with Crippen molar-refractivity contribution in [1.82, 2.24) is 10.1 Å². The van der Waals surface area contributed by atoms with Crippen molar-refractivity contribution < 1.29 is 9.26 Å². The van der Waals surface area contributed by atoms with Crippen molar-refractivity contribution in [3.8, 4) is 0 Å². The lowest BCUT2D eigenvalue weighted by atomic mass is 9.67. The summed E-state index contributed by atoms with van der Waals surface area (Å²) in [6.45, 7) is 2.34. The zero-order chi connectivity index (χ0) is 12.4. The molecule has 5 nitrogen and oxygen atoms in total. The SMILES string of the molecule is NCC1(Cc2nc(C3CCOCC3)no2)CCC1. The Hall–Kier alpha value is -0.940. The van der Waals surface area contributed by atoms with E-state index in [0.29, 0.717) is 5.92 Å². The molecule has 0 atom stereocenters. The highest BCUT2D eigenvalue weighted by atomic mass is 16.5. The van der Waals surface area contributed by atoms with Crippen LogP contribution in [-0.2, 0) is 11.2 Å². The van der Waals surface area contributed by atoms with Gasteiger partial charge >= 0.3 is 0 Å². The van der Waals surface area contributed by atoms with E-state index < -0.39 is 0 Å². The van der Waals surface area contributed by atoms with Crippen LogP contribution in [0.15, 0.2) is 4.52 Å². The van der Waals surface area contributed by atoms with E-state index in [2.05, 4.69) is 10.1 Å². The normalized spacial score (nSPS) is 23.8. The van der Waals surface area contributed by atoms with Gasteiger partial charge in [0, 0.05) is 25.6 Å². The highest BCUT2D eigenvalue weighted by Gasteiger charge is 2.37. The van der Waals surface area contributed by atoms with Crippen molar-refractivity contribution in [3.63, 3.8) is 0 Å². The summed E-state index contributed by atoms with van der Waals surface area (Å²) in [6, 6.07) is 0. The first kappa shape index (κ1) is 12.1. The van der Waals surface area contributed by atoms with Gasteiger partial charge in [0.05, 0.1) is 0 Å². The minimum Gasteiger partial charge on any atom is -0.381 e. The maximum Gasteiger partial charge on any atom is 0.227 e. The lowest BCUT2D eigenvalue weighted by Gasteiger charge is -2.39. The van der Waals surface area contributed by atoms with Crippen LogP contribution in [-0.4, -0.2) is 29.9 Å². The van der Waals surface area contributed by atoms with Gasteiger partial charge in [0.2, 0.25) is 5.89 Å². The molecule has 1 aliphatic heterocycles. The molecule has 0 spiro atoms. The van der Waals surface area contributed by atoms with Gasteiger partial charge in [-0.3, -0.25) is 0 Å². The number of nitrogens with zero attached hydrogens (tertiary/aromatic N) is 2. The number of hydrogen-bond donors (Lipinski definition) is 1. The maximum atomic E-state index is 5.86. The van der Waals surface area contributed by atoms with E-state index in [4.69, 9.17) is 15.0 Å². The van der Waals surface area contributed by atoms with Crippen molar-refractivity contribution in [3.05, 3.63) is 11.7 Å². The number of aromatic nitrogens is 2. The van der Waals surface area contributed by atoms with Gasteiger partial charge in [-0.15, -0.1) is 0 Å². The van der Waals surface area contributed by atoms with Crippen LogP contribution in [0.5, 0.6) is 0 Å². The van der Waals surface area contributed by atoms with Crippen LogP contribution in [0.4, 0.5) is 0 Å². The van der Waals surface area contributed by atoms with Crippen molar-refractivity contribution >= 4 is 0 Å². The summed E-state index contributed by atoms with van der Waals surface area (Å²) in [5, 5.41) is 4.13. The van der Waals surface area contributed by atoms with Crippen molar-refractivity contribution in [2.75, 3.05) is 19.8 Å². The third kappa shape index (κ3) is 2.29. The van der Waals surface area contributed by atoms with Crippen LogP contribution < -0.4 is 5.73 Å². The molecule has 0 unspecified atom stereocenters. The second kappa shape index (κ2) is 4.97. The van der Waals surface area contributed by atoms with E-state index in [1.807, 2.05) is 0 Å². The highest BCUT2D eigenvalue weighted by Crippen LogP contribution is 2.42. The standard InChI is InChI=1S/C13H21N3O2/c14-9-13(4-1-5-13)8-11-15-12(16-18-11)10-2-6-17-7-3-10/h10H,1-9,14H2. The molecule has 1 saturated heterocycles. The Balaban J connectivity index is 1.65. The van der Waals surface area contributed by atoms with E-state index >= 15 is 0 Å². The molecule has 0 bridgehead atoms. The van der Waals surface area contributed by atoms with Crippen LogP contribution in [0.2, 0.25) is 0 Å². The molecule has 1 aromatic rings. The zero-order valence-electron chi connectivity index (χ0n) is 10.7. The first-order chi connectivity index (χ1) is 8.81. The summed E-state index contributed by atoms with van der Waals surface area (Å²) in [7, 11) is 0. The van der Waals surface area contributed by atoms with Gasteiger partial charge in [-0.05, 0) is 37.6 Å². The van der Waals surface area contributed by atoms with E-state index in [9.17, 15) is 0 Å². The lowest BCUT2D eigenvalue weighted by molar-refractivity contribution is 0.0830. The van der Waals surface area contributed by atoms with Crippen LogP contribution in [0.25, 0.3) is 0 Å². The lowest BCUT2D eigenvalue weighted by Crippen LogP contribution is -2.39. The monoisotopic (exact) mass is 251 g/mol. The minimum absolute atomic E-state index is 0.236. The van der Waals surface area contributed by atoms with Gasteiger partial charge in [-0.1, -0.05) is 11.6 Å². The number of ether oxygens (including phenoxy) is 1. The summed E-state index contributed by atoms with van der Waals surface area (Å²) in [5.74, 6) is 2.04. The largest absolute Gasteiger partial charge is 0.381 e. The number of rotatable bonds is 4. The summed E-state index contributed by atoms with van der Waals surface area (Å²) in [6.07, 6.45) is 6.51. The molecule has 5 heteroatoms. The predicted molar refractivity (Wildman–Crippen MR) is 66.1 cm³/mol. The molecule has 2 N–H and O–H groups in total. The molecule has 2 fully saturated rings. The van der Waals surface area contributed by atoms with Crippen LogP contribution in [0, 0.1) is 5.41 Å². The molecule has 3 rings (SSSR count). The molecular weight excluding hydrogens is 230 g/mol. The van der Waals surface area contributed by atoms with Gasteiger partial charge in [-0.2, -0.15) is 4.98 Å². The second-order valence-corrected chi connectivity index (χ2v) is 5.67. The Morgan fingerprint density at radius 3 is 2.67 bits per heavy atom. The van der Waals surface area contributed by atoms with Gasteiger partial charge in [-0.25, -0.2) is 0 Å². The Kier molecular flexibility index (Phi) is 3.35. The van der Waals surface area contributed by atoms with Crippen molar-refractivity contribution in [1.29, 1.82) is 0 Å². The summed E-state index contributed by atoms with van der Waals surface area (Å²) >= 11 is 0. The molecule has 18 heavy (non-hydrogen) atoms.